The number of nitrogens with one attached hydrogen (secondary N) is 2. The summed E-state index contributed by atoms with van der Waals surface area (Å²) in [6.45, 7) is 1.07. The molecule has 0 aromatic heterocycles. The molecular weight excluding hydrogens is 292 g/mol. The molecule has 0 unspecified atom stereocenters. The van der Waals surface area contributed by atoms with Gasteiger partial charge in [-0.15, -0.1) is 0 Å². The molecular formula is C18H22N2O3. The highest BCUT2D eigenvalue weighted by atomic mass is 16.5. The summed E-state index contributed by atoms with van der Waals surface area (Å²) in [5, 5.41) is 5.68. The molecule has 5 nitrogen and oxygen atoms in total. The first-order chi connectivity index (χ1) is 11.2. The largest absolute Gasteiger partial charge is 0.497 e. The average Bonchev–Trinajstić information content (AvgIpc) is 2.61. The summed E-state index contributed by atoms with van der Waals surface area (Å²) in [5.74, 6) is 1.64. The van der Waals surface area contributed by atoms with Crippen molar-refractivity contribution in [1.82, 2.24) is 10.6 Å². The zero-order chi connectivity index (χ0) is 16.5. The molecule has 0 aliphatic rings. The Morgan fingerprint density at radius 3 is 1.87 bits per heavy atom. The van der Waals surface area contributed by atoms with E-state index in [0.29, 0.717) is 13.1 Å². The van der Waals surface area contributed by atoms with E-state index in [2.05, 4.69) is 10.6 Å². The lowest BCUT2D eigenvalue weighted by atomic mass is 10.1. The van der Waals surface area contributed by atoms with Crippen LogP contribution >= 0.6 is 0 Å². The number of urea groups is 1. The summed E-state index contributed by atoms with van der Waals surface area (Å²) in [6, 6.07) is 15.3. The number of methoxy groups -OCH3 is 2. The van der Waals surface area contributed by atoms with Crippen molar-refractivity contribution in [1.29, 1.82) is 0 Å². The Balaban J connectivity index is 1.67. The van der Waals surface area contributed by atoms with E-state index in [1.165, 1.54) is 0 Å². The maximum atomic E-state index is 11.8. The zero-order valence-corrected chi connectivity index (χ0v) is 13.5. The molecule has 2 amide bonds. The summed E-state index contributed by atoms with van der Waals surface area (Å²) in [6.07, 6.45) is 0.778. The molecule has 2 rings (SSSR count). The van der Waals surface area contributed by atoms with Crippen LogP contribution in [0.5, 0.6) is 11.5 Å². The predicted molar refractivity (Wildman–Crippen MR) is 89.9 cm³/mol. The van der Waals surface area contributed by atoms with Gasteiger partial charge in [0.2, 0.25) is 0 Å². The van der Waals surface area contributed by atoms with Gasteiger partial charge >= 0.3 is 6.03 Å². The summed E-state index contributed by atoms with van der Waals surface area (Å²) < 4.78 is 10.2. The third kappa shape index (κ3) is 5.54. The normalized spacial score (nSPS) is 10.0. The van der Waals surface area contributed by atoms with Crippen LogP contribution in [0.4, 0.5) is 4.79 Å². The van der Waals surface area contributed by atoms with Crippen LogP contribution < -0.4 is 20.1 Å². The Kier molecular flexibility index (Phi) is 6.29. The molecule has 2 aromatic rings. The average molecular weight is 314 g/mol. The highest BCUT2D eigenvalue weighted by Gasteiger charge is 2.01. The molecule has 5 heteroatoms. The number of carbonyl (C=O) groups is 1. The van der Waals surface area contributed by atoms with E-state index < -0.39 is 0 Å². The minimum Gasteiger partial charge on any atom is -0.497 e. The van der Waals surface area contributed by atoms with E-state index in [1.807, 2.05) is 48.5 Å². The van der Waals surface area contributed by atoms with Gasteiger partial charge < -0.3 is 20.1 Å². The third-order valence-corrected chi connectivity index (χ3v) is 3.47. The van der Waals surface area contributed by atoms with Gasteiger partial charge in [-0.2, -0.15) is 0 Å². The Bertz CT molecular complexity index is 609. The molecule has 0 aliphatic heterocycles. The fraction of sp³-hybridized carbons (Fsp3) is 0.278. The summed E-state index contributed by atoms with van der Waals surface area (Å²) in [7, 11) is 3.27. The number of carbonyl (C=O) groups excluding carboxylic acids is 1. The van der Waals surface area contributed by atoms with Crippen LogP contribution in [0.25, 0.3) is 0 Å². The second kappa shape index (κ2) is 8.68. The van der Waals surface area contributed by atoms with E-state index in [4.69, 9.17) is 9.47 Å². The fourth-order valence-electron chi connectivity index (χ4n) is 2.10. The minimum absolute atomic E-state index is 0.172. The van der Waals surface area contributed by atoms with Crippen LogP contribution in [-0.2, 0) is 13.0 Å². The van der Waals surface area contributed by atoms with Crippen molar-refractivity contribution in [3.8, 4) is 11.5 Å². The molecule has 0 heterocycles. The van der Waals surface area contributed by atoms with E-state index in [9.17, 15) is 4.79 Å². The van der Waals surface area contributed by atoms with Gasteiger partial charge in [-0.05, 0) is 41.8 Å². The minimum atomic E-state index is -0.172. The Morgan fingerprint density at radius 2 is 1.35 bits per heavy atom. The van der Waals surface area contributed by atoms with Crippen LogP contribution in [0, 0.1) is 0 Å². The van der Waals surface area contributed by atoms with Gasteiger partial charge in [0.15, 0.2) is 0 Å². The lowest BCUT2D eigenvalue weighted by Crippen LogP contribution is -2.36. The van der Waals surface area contributed by atoms with E-state index in [-0.39, 0.29) is 6.03 Å². The molecule has 0 saturated heterocycles. The SMILES string of the molecule is COc1ccc(CCNC(=O)NCc2ccc(OC)cc2)cc1. The monoisotopic (exact) mass is 314 g/mol. The second-order valence-corrected chi connectivity index (χ2v) is 5.06. The first kappa shape index (κ1) is 16.7. The van der Waals surface area contributed by atoms with Gasteiger partial charge in [0.1, 0.15) is 11.5 Å². The highest BCUT2D eigenvalue weighted by molar-refractivity contribution is 5.73. The third-order valence-electron chi connectivity index (χ3n) is 3.47. The predicted octanol–water partition coefficient (Wildman–Crippen LogP) is 2.75. The summed E-state index contributed by atoms with van der Waals surface area (Å²) >= 11 is 0. The van der Waals surface area contributed by atoms with Crippen LogP contribution in [0.3, 0.4) is 0 Å². The zero-order valence-electron chi connectivity index (χ0n) is 13.5. The standard InChI is InChI=1S/C18H22N2O3/c1-22-16-7-3-14(4-8-16)11-12-19-18(21)20-13-15-5-9-17(23-2)10-6-15/h3-10H,11-13H2,1-2H3,(H2,19,20,21). The lowest BCUT2D eigenvalue weighted by molar-refractivity contribution is 0.240. The topological polar surface area (TPSA) is 59.6 Å². The summed E-state index contributed by atoms with van der Waals surface area (Å²) in [5.41, 5.74) is 2.18. The molecule has 0 bridgehead atoms. The molecule has 0 saturated carbocycles. The molecule has 0 radical (unpaired) electrons. The van der Waals surface area contributed by atoms with Crippen LogP contribution in [0.15, 0.2) is 48.5 Å². The molecule has 0 atom stereocenters. The van der Waals surface area contributed by atoms with Crippen molar-refractivity contribution in [2.75, 3.05) is 20.8 Å². The number of hydrogen-bond acceptors (Lipinski definition) is 3. The van der Waals surface area contributed by atoms with Crippen LogP contribution in [0.1, 0.15) is 11.1 Å². The van der Waals surface area contributed by atoms with Crippen LogP contribution in [0.2, 0.25) is 0 Å². The molecule has 122 valence electrons. The Morgan fingerprint density at radius 1 is 0.826 bits per heavy atom. The van der Waals surface area contributed by atoms with Gasteiger partial charge in [0, 0.05) is 13.1 Å². The van der Waals surface area contributed by atoms with Crippen molar-refractivity contribution in [3.63, 3.8) is 0 Å². The number of benzene rings is 2. The quantitative estimate of drug-likeness (QED) is 0.826. The van der Waals surface area contributed by atoms with Crippen molar-refractivity contribution >= 4 is 6.03 Å². The van der Waals surface area contributed by atoms with Crippen LogP contribution in [-0.4, -0.2) is 26.8 Å². The lowest BCUT2D eigenvalue weighted by Gasteiger charge is -2.08. The smallest absolute Gasteiger partial charge is 0.315 e. The maximum Gasteiger partial charge on any atom is 0.315 e. The second-order valence-electron chi connectivity index (χ2n) is 5.06. The first-order valence-corrected chi connectivity index (χ1v) is 7.49. The highest BCUT2D eigenvalue weighted by Crippen LogP contribution is 2.12. The molecule has 0 fully saturated rings. The van der Waals surface area contributed by atoms with Gasteiger partial charge in [-0.1, -0.05) is 24.3 Å². The Labute approximate surface area is 136 Å². The van der Waals surface area contributed by atoms with Gasteiger partial charge in [0.05, 0.1) is 14.2 Å². The van der Waals surface area contributed by atoms with Crippen molar-refractivity contribution < 1.29 is 14.3 Å². The molecule has 23 heavy (non-hydrogen) atoms. The summed E-state index contributed by atoms with van der Waals surface area (Å²) in [4.78, 5) is 11.8. The first-order valence-electron chi connectivity index (χ1n) is 7.49. The van der Waals surface area contributed by atoms with Gasteiger partial charge in [0.25, 0.3) is 0 Å². The van der Waals surface area contributed by atoms with Gasteiger partial charge in [-0.25, -0.2) is 4.79 Å². The maximum absolute atomic E-state index is 11.8. The molecule has 2 N–H and O–H groups in total. The van der Waals surface area contributed by atoms with E-state index in [0.717, 1.165) is 29.0 Å². The number of hydrogen-bond donors (Lipinski definition) is 2. The Hall–Kier alpha value is -2.69. The van der Waals surface area contributed by atoms with Crippen molar-refractivity contribution in [3.05, 3.63) is 59.7 Å². The molecule has 0 aliphatic carbocycles. The van der Waals surface area contributed by atoms with E-state index >= 15 is 0 Å². The molecule has 2 aromatic carbocycles. The number of amides is 2. The van der Waals surface area contributed by atoms with Gasteiger partial charge in [-0.3, -0.25) is 0 Å². The van der Waals surface area contributed by atoms with Crippen molar-refractivity contribution in [2.24, 2.45) is 0 Å². The van der Waals surface area contributed by atoms with Crippen molar-refractivity contribution in [2.45, 2.75) is 13.0 Å². The molecule has 0 spiro atoms. The number of rotatable bonds is 7. The fourth-order valence-corrected chi connectivity index (χ4v) is 2.10. The van der Waals surface area contributed by atoms with E-state index in [1.54, 1.807) is 14.2 Å². The number of ether oxygens (including phenoxy) is 2.